The van der Waals surface area contributed by atoms with Gasteiger partial charge in [0.2, 0.25) is 0 Å². The van der Waals surface area contributed by atoms with Crippen LogP contribution in [0.25, 0.3) is 0 Å². The summed E-state index contributed by atoms with van der Waals surface area (Å²) >= 11 is 0. The maximum Gasteiger partial charge on any atom is 1.00 e. The molecule has 0 spiro atoms. The van der Waals surface area contributed by atoms with E-state index in [-0.39, 0.29) is 43.0 Å². The van der Waals surface area contributed by atoms with E-state index in [2.05, 4.69) is 6.58 Å². The quantitative estimate of drug-likeness (QED) is 0.298. The second-order valence-electron chi connectivity index (χ2n) is 1.75. The molecule has 0 rings (SSSR count). The van der Waals surface area contributed by atoms with Crippen molar-refractivity contribution in [3.63, 3.8) is 0 Å². The Balaban J connectivity index is -0.000000405. The van der Waals surface area contributed by atoms with E-state index in [4.69, 9.17) is 9.81 Å². The van der Waals surface area contributed by atoms with Crippen LogP contribution in [0.4, 0.5) is 0 Å². The Morgan fingerprint density at radius 2 is 2.18 bits per heavy atom. The summed E-state index contributed by atoms with van der Waals surface area (Å²) in [5, 5.41) is 8.11. The Morgan fingerprint density at radius 3 is 2.45 bits per heavy atom. The standard InChI is InChI=1S/C5H7NO3S.Na.H/c1-5(4-6)2-3-10(7,8)9;;/h1-3H2,(H,7,8,9);;/q;+1;-1. The molecule has 0 fully saturated rings. The van der Waals surface area contributed by atoms with E-state index in [9.17, 15) is 8.42 Å². The number of hydrogen-bond donors (Lipinski definition) is 1. The monoisotopic (exact) mass is 185 g/mol. The second kappa shape index (κ2) is 5.75. The summed E-state index contributed by atoms with van der Waals surface area (Å²) in [6.07, 6.45) is -0.00463. The van der Waals surface area contributed by atoms with Crippen LogP contribution in [0.2, 0.25) is 0 Å². The topological polar surface area (TPSA) is 78.2 Å². The van der Waals surface area contributed by atoms with E-state index < -0.39 is 15.9 Å². The molecule has 0 heterocycles. The van der Waals surface area contributed by atoms with Gasteiger partial charge < -0.3 is 1.43 Å². The molecule has 0 aliphatic rings. The zero-order valence-electron chi connectivity index (χ0n) is 7.24. The summed E-state index contributed by atoms with van der Waals surface area (Å²) in [6, 6.07) is 1.67. The van der Waals surface area contributed by atoms with Crippen LogP contribution in [0, 0.1) is 11.3 Å². The number of nitriles is 1. The van der Waals surface area contributed by atoms with Gasteiger partial charge in [0.15, 0.2) is 0 Å². The molecule has 0 saturated heterocycles. The molecule has 58 valence electrons. The van der Waals surface area contributed by atoms with Crippen LogP contribution in [0.3, 0.4) is 0 Å². The predicted octanol–water partition coefficient (Wildman–Crippen LogP) is -2.54. The minimum absolute atomic E-state index is 0. The molecule has 6 heteroatoms. The molecule has 0 atom stereocenters. The first-order valence-electron chi connectivity index (χ1n) is 2.49. The van der Waals surface area contributed by atoms with Gasteiger partial charge in [-0.1, -0.05) is 6.58 Å². The van der Waals surface area contributed by atoms with Crippen LogP contribution in [-0.2, 0) is 10.1 Å². The van der Waals surface area contributed by atoms with Crippen LogP contribution in [0.5, 0.6) is 0 Å². The summed E-state index contributed by atoms with van der Waals surface area (Å²) in [5.74, 6) is -0.431. The largest absolute Gasteiger partial charge is 1.00 e. The van der Waals surface area contributed by atoms with Crippen molar-refractivity contribution in [2.45, 2.75) is 6.42 Å². The molecule has 0 radical (unpaired) electrons. The number of rotatable bonds is 3. The average Bonchev–Trinajstić information content (AvgIpc) is 1.81. The summed E-state index contributed by atoms with van der Waals surface area (Å²) < 4.78 is 28.3. The third-order valence-electron chi connectivity index (χ3n) is 0.820. The third kappa shape index (κ3) is 10.1. The minimum atomic E-state index is -3.94. The van der Waals surface area contributed by atoms with Gasteiger partial charge in [-0.05, 0) is 6.42 Å². The molecule has 0 bridgehead atoms. The van der Waals surface area contributed by atoms with Crippen LogP contribution in [0.15, 0.2) is 12.2 Å². The van der Waals surface area contributed by atoms with Crippen molar-refractivity contribution < 1.29 is 44.0 Å². The minimum Gasteiger partial charge on any atom is -1.00 e. The molecule has 0 aromatic carbocycles. The van der Waals surface area contributed by atoms with Crippen molar-refractivity contribution in [1.82, 2.24) is 0 Å². The Morgan fingerprint density at radius 1 is 1.73 bits per heavy atom. The van der Waals surface area contributed by atoms with E-state index in [0.717, 1.165) is 0 Å². The fourth-order valence-electron chi connectivity index (χ4n) is 0.308. The molecule has 0 aliphatic heterocycles. The number of nitrogens with zero attached hydrogens (tertiary/aromatic N) is 1. The van der Waals surface area contributed by atoms with Gasteiger partial charge in [-0.2, -0.15) is 13.7 Å². The van der Waals surface area contributed by atoms with E-state index >= 15 is 0 Å². The van der Waals surface area contributed by atoms with Crippen molar-refractivity contribution in [3.05, 3.63) is 12.2 Å². The van der Waals surface area contributed by atoms with Gasteiger partial charge in [0, 0.05) is 5.57 Å². The molecule has 1 N–H and O–H groups in total. The van der Waals surface area contributed by atoms with Gasteiger partial charge in [0.25, 0.3) is 10.1 Å². The fraction of sp³-hybridized carbons (Fsp3) is 0.400. The smallest absolute Gasteiger partial charge is 1.00 e. The maximum atomic E-state index is 10.1. The zero-order chi connectivity index (χ0) is 8.20. The third-order valence-corrected chi connectivity index (χ3v) is 1.54. The fourth-order valence-corrected chi connectivity index (χ4v) is 0.812. The van der Waals surface area contributed by atoms with E-state index in [1.54, 1.807) is 6.07 Å². The molecule has 0 amide bonds. The van der Waals surface area contributed by atoms with Gasteiger partial charge in [0.05, 0.1) is 11.8 Å². The molecular formula is C5H8NNaO3S. The Kier molecular flexibility index (Phi) is 7.16. The number of hydrogen-bond acceptors (Lipinski definition) is 3. The van der Waals surface area contributed by atoms with Crippen molar-refractivity contribution in [2.24, 2.45) is 0 Å². The molecule has 0 aromatic rings. The first-order valence-corrected chi connectivity index (χ1v) is 4.09. The van der Waals surface area contributed by atoms with Crippen LogP contribution >= 0.6 is 0 Å². The van der Waals surface area contributed by atoms with Crippen molar-refractivity contribution in [2.75, 3.05) is 5.75 Å². The Bertz CT molecular complexity index is 269. The van der Waals surface area contributed by atoms with Gasteiger partial charge in [-0.3, -0.25) is 4.55 Å². The van der Waals surface area contributed by atoms with Gasteiger partial charge >= 0.3 is 29.6 Å². The zero-order valence-corrected chi connectivity index (χ0v) is 9.06. The molecular weight excluding hydrogens is 177 g/mol. The normalized spacial score (nSPS) is 9.45. The van der Waals surface area contributed by atoms with Crippen LogP contribution in [0.1, 0.15) is 7.85 Å². The maximum absolute atomic E-state index is 10.1. The van der Waals surface area contributed by atoms with Crippen LogP contribution in [-0.4, -0.2) is 18.7 Å². The SMILES string of the molecule is C=C(C#N)CCS(=O)(=O)O.[H-].[Na+]. The van der Waals surface area contributed by atoms with Crippen molar-refractivity contribution in [1.29, 1.82) is 5.26 Å². The van der Waals surface area contributed by atoms with Crippen molar-refractivity contribution >= 4 is 10.1 Å². The Hall–Kier alpha value is 0.140. The molecule has 4 nitrogen and oxygen atoms in total. The predicted molar refractivity (Wildman–Crippen MR) is 36.9 cm³/mol. The summed E-state index contributed by atoms with van der Waals surface area (Å²) in [4.78, 5) is 0. The molecule has 0 unspecified atom stereocenters. The molecule has 0 aliphatic carbocycles. The summed E-state index contributed by atoms with van der Waals surface area (Å²) in [5.41, 5.74) is 0.151. The Labute approximate surface area is 89.4 Å². The van der Waals surface area contributed by atoms with Gasteiger partial charge in [-0.15, -0.1) is 0 Å². The summed E-state index contributed by atoms with van der Waals surface area (Å²) in [7, 11) is -3.94. The first-order chi connectivity index (χ1) is 4.45. The van der Waals surface area contributed by atoms with Crippen molar-refractivity contribution in [3.8, 4) is 6.07 Å². The van der Waals surface area contributed by atoms with Crippen LogP contribution < -0.4 is 29.6 Å². The van der Waals surface area contributed by atoms with E-state index in [0.29, 0.717) is 0 Å². The van der Waals surface area contributed by atoms with E-state index in [1.807, 2.05) is 0 Å². The average molecular weight is 185 g/mol. The van der Waals surface area contributed by atoms with E-state index in [1.165, 1.54) is 0 Å². The first kappa shape index (κ1) is 13.7. The molecule has 0 saturated carbocycles. The second-order valence-corrected chi connectivity index (χ2v) is 3.32. The number of allylic oxidation sites excluding steroid dienone is 1. The molecule has 11 heavy (non-hydrogen) atoms. The molecule has 0 aromatic heterocycles. The van der Waals surface area contributed by atoms with Gasteiger partial charge in [0.1, 0.15) is 0 Å². The summed E-state index contributed by atoms with van der Waals surface area (Å²) in [6.45, 7) is 3.24. The van der Waals surface area contributed by atoms with Gasteiger partial charge in [-0.25, -0.2) is 0 Å².